The van der Waals surface area contributed by atoms with Crippen molar-refractivity contribution in [2.24, 2.45) is 9.98 Å². The Morgan fingerprint density at radius 2 is 1.04 bits per heavy atom. The van der Waals surface area contributed by atoms with Crippen molar-refractivity contribution < 1.29 is 9.47 Å². The molecule has 0 N–H and O–H groups in total. The first-order valence-corrected chi connectivity index (χ1v) is 8.33. The van der Waals surface area contributed by atoms with Crippen molar-refractivity contribution >= 4 is 11.8 Å². The fourth-order valence-electron chi connectivity index (χ4n) is 3.05. The first kappa shape index (κ1) is 14.9. The van der Waals surface area contributed by atoms with Gasteiger partial charge in [0.05, 0.1) is 12.1 Å². The number of nitrogens with zero attached hydrogens (tertiary/aromatic N) is 2. The van der Waals surface area contributed by atoms with Crippen LogP contribution in [-0.4, -0.2) is 37.1 Å². The van der Waals surface area contributed by atoms with Crippen LogP contribution in [0.5, 0.6) is 0 Å². The van der Waals surface area contributed by atoms with Gasteiger partial charge >= 0.3 is 0 Å². The third-order valence-electron chi connectivity index (χ3n) is 4.20. The minimum absolute atomic E-state index is 0.201. The standard InChI is InChI=1S/C20H20N2O2/c1-13-11-23-19(21-13)17-9-5-3-7-15(17)16-8-4-6-10-18(16)20-22-14(2)12-24-20/h3-10,13-14H,11-12H2,1-2H3. The second kappa shape index (κ2) is 6.11. The lowest BCUT2D eigenvalue weighted by atomic mass is 9.95. The number of benzene rings is 2. The van der Waals surface area contributed by atoms with Crippen LogP contribution in [0.2, 0.25) is 0 Å². The predicted molar refractivity (Wildman–Crippen MR) is 95.8 cm³/mol. The summed E-state index contributed by atoms with van der Waals surface area (Å²) >= 11 is 0. The molecule has 4 heteroatoms. The largest absolute Gasteiger partial charge is 0.475 e. The van der Waals surface area contributed by atoms with E-state index in [-0.39, 0.29) is 12.1 Å². The van der Waals surface area contributed by atoms with Crippen molar-refractivity contribution in [1.29, 1.82) is 0 Å². The third-order valence-corrected chi connectivity index (χ3v) is 4.20. The fourth-order valence-corrected chi connectivity index (χ4v) is 3.05. The average molecular weight is 320 g/mol. The molecule has 122 valence electrons. The summed E-state index contributed by atoms with van der Waals surface area (Å²) in [5.41, 5.74) is 4.21. The molecule has 2 aromatic rings. The van der Waals surface area contributed by atoms with E-state index in [4.69, 9.17) is 9.47 Å². The molecule has 0 bridgehead atoms. The van der Waals surface area contributed by atoms with Gasteiger partial charge in [-0.15, -0.1) is 0 Å². The molecular weight excluding hydrogens is 300 g/mol. The maximum atomic E-state index is 5.78. The second-order valence-corrected chi connectivity index (χ2v) is 6.28. The van der Waals surface area contributed by atoms with E-state index >= 15 is 0 Å². The molecule has 0 spiro atoms. The molecule has 0 amide bonds. The highest BCUT2D eigenvalue weighted by atomic mass is 16.5. The summed E-state index contributed by atoms with van der Waals surface area (Å²) in [4.78, 5) is 9.23. The summed E-state index contributed by atoms with van der Waals surface area (Å²) in [5.74, 6) is 1.44. The Bertz CT molecular complexity index is 756. The number of hydrogen-bond donors (Lipinski definition) is 0. The maximum absolute atomic E-state index is 5.78. The predicted octanol–water partition coefficient (Wildman–Crippen LogP) is 3.68. The first-order valence-electron chi connectivity index (χ1n) is 8.33. The van der Waals surface area contributed by atoms with Crippen LogP contribution in [-0.2, 0) is 9.47 Å². The van der Waals surface area contributed by atoms with Crippen LogP contribution in [0.1, 0.15) is 25.0 Å². The minimum Gasteiger partial charge on any atom is -0.475 e. The zero-order valence-electron chi connectivity index (χ0n) is 13.9. The molecule has 0 aliphatic carbocycles. The van der Waals surface area contributed by atoms with Crippen molar-refractivity contribution in [2.45, 2.75) is 25.9 Å². The van der Waals surface area contributed by atoms with Gasteiger partial charge in [-0.3, -0.25) is 0 Å². The van der Waals surface area contributed by atoms with Gasteiger partial charge in [0.25, 0.3) is 0 Å². The van der Waals surface area contributed by atoms with E-state index < -0.39 is 0 Å². The Labute approximate surface area is 141 Å². The van der Waals surface area contributed by atoms with Gasteiger partial charge in [0.2, 0.25) is 11.8 Å². The molecule has 2 unspecified atom stereocenters. The molecule has 4 rings (SSSR count). The monoisotopic (exact) mass is 320 g/mol. The van der Waals surface area contributed by atoms with E-state index in [0.29, 0.717) is 13.2 Å². The smallest absolute Gasteiger partial charge is 0.217 e. The summed E-state index contributed by atoms with van der Waals surface area (Å²) in [6, 6.07) is 16.8. The van der Waals surface area contributed by atoms with Gasteiger partial charge in [-0.25, -0.2) is 9.98 Å². The average Bonchev–Trinajstić information content (AvgIpc) is 3.23. The van der Waals surface area contributed by atoms with E-state index in [1.807, 2.05) is 24.3 Å². The lowest BCUT2D eigenvalue weighted by molar-refractivity contribution is 0.324. The van der Waals surface area contributed by atoms with Gasteiger partial charge in [0.15, 0.2) is 0 Å². The summed E-state index contributed by atoms with van der Waals surface area (Å²) in [6.45, 7) is 5.40. The minimum atomic E-state index is 0.201. The van der Waals surface area contributed by atoms with E-state index in [9.17, 15) is 0 Å². The Morgan fingerprint density at radius 1 is 0.667 bits per heavy atom. The van der Waals surface area contributed by atoms with Crippen molar-refractivity contribution in [2.75, 3.05) is 13.2 Å². The van der Waals surface area contributed by atoms with Crippen LogP contribution in [0.4, 0.5) is 0 Å². The number of aliphatic imine (C=N–C) groups is 2. The van der Waals surface area contributed by atoms with Crippen LogP contribution < -0.4 is 0 Å². The molecule has 0 fully saturated rings. The molecule has 0 saturated carbocycles. The molecule has 0 saturated heterocycles. The van der Waals surface area contributed by atoms with E-state index in [1.54, 1.807) is 0 Å². The Kier molecular flexibility index (Phi) is 3.81. The zero-order valence-corrected chi connectivity index (χ0v) is 13.9. The molecular formula is C20H20N2O2. The molecule has 2 heterocycles. The second-order valence-electron chi connectivity index (χ2n) is 6.28. The molecule has 4 nitrogen and oxygen atoms in total. The summed E-state index contributed by atoms with van der Waals surface area (Å²) in [7, 11) is 0. The Hall–Kier alpha value is -2.62. The van der Waals surface area contributed by atoms with Gasteiger partial charge in [-0.1, -0.05) is 36.4 Å². The number of rotatable bonds is 3. The highest BCUT2D eigenvalue weighted by molar-refractivity contribution is 6.07. The van der Waals surface area contributed by atoms with Crippen molar-refractivity contribution in [1.82, 2.24) is 0 Å². The van der Waals surface area contributed by atoms with Crippen LogP contribution in [0.25, 0.3) is 11.1 Å². The van der Waals surface area contributed by atoms with Crippen LogP contribution in [0.15, 0.2) is 58.5 Å². The number of hydrogen-bond acceptors (Lipinski definition) is 4. The summed E-state index contributed by atoms with van der Waals surface area (Å²) in [5, 5.41) is 0. The highest BCUT2D eigenvalue weighted by Gasteiger charge is 2.23. The van der Waals surface area contributed by atoms with Gasteiger partial charge in [-0.2, -0.15) is 0 Å². The molecule has 2 atom stereocenters. The maximum Gasteiger partial charge on any atom is 0.217 e. The molecule has 0 radical (unpaired) electrons. The Morgan fingerprint density at radius 3 is 1.38 bits per heavy atom. The van der Waals surface area contributed by atoms with E-state index in [2.05, 4.69) is 48.1 Å². The van der Waals surface area contributed by atoms with Gasteiger partial charge in [0, 0.05) is 11.1 Å². The van der Waals surface area contributed by atoms with Crippen molar-refractivity contribution in [3.8, 4) is 11.1 Å². The van der Waals surface area contributed by atoms with Gasteiger partial charge in [-0.05, 0) is 37.1 Å². The van der Waals surface area contributed by atoms with Gasteiger partial charge in [0.1, 0.15) is 13.2 Å². The van der Waals surface area contributed by atoms with Crippen molar-refractivity contribution in [3.05, 3.63) is 59.7 Å². The summed E-state index contributed by atoms with van der Waals surface area (Å²) < 4.78 is 11.6. The van der Waals surface area contributed by atoms with Crippen LogP contribution in [0, 0.1) is 0 Å². The quantitative estimate of drug-likeness (QED) is 0.866. The normalized spacial score (nSPS) is 22.6. The molecule has 0 aromatic heterocycles. The summed E-state index contributed by atoms with van der Waals surface area (Å²) in [6.07, 6.45) is 0. The molecule has 2 aliphatic rings. The highest BCUT2D eigenvalue weighted by Crippen LogP contribution is 2.30. The van der Waals surface area contributed by atoms with Gasteiger partial charge < -0.3 is 9.47 Å². The van der Waals surface area contributed by atoms with E-state index in [0.717, 1.165) is 34.0 Å². The topological polar surface area (TPSA) is 43.2 Å². The van der Waals surface area contributed by atoms with Crippen LogP contribution >= 0.6 is 0 Å². The number of ether oxygens (including phenoxy) is 2. The first-order chi connectivity index (χ1) is 11.7. The fraction of sp³-hybridized carbons (Fsp3) is 0.300. The lowest BCUT2D eigenvalue weighted by Crippen LogP contribution is -2.07. The van der Waals surface area contributed by atoms with Crippen LogP contribution in [0.3, 0.4) is 0 Å². The Balaban J connectivity index is 1.84. The molecule has 2 aromatic carbocycles. The molecule has 2 aliphatic heterocycles. The SMILES string of the molecule is CC1COC(c2ccccc2-c2ccccc2C2=NC(C)CO2)=N1. The third kappa shape index (κ3) is 2.68. The zero-order chi connectivity index (χ0) is 16.5. The van der Waals surface area contributed by atoms with E-state index in [1.165, 1.54) is 0 Å². The van der Waals surface area contributed by atoms with Crippen molar-refractivity contribution in [3.63, 3.8) is 0 Å². The lowest BCUT2D eigenvalue weighted by Gasteiger charge is -2.13. The molecule has 24 heavy (non-hydrogen) atoms.